The lowest BCUT2D eigenvalue weighted by Crippen LogP contribution is -2.26. The zero-order valence-electron chi connectivity index (χ0n) is 27.4. The molecule has 6 aromatic carbocycles. The van der Waals surface area contributed by atoms with Gasteiger partial charge in [-0.2, -0.15) is 0 Å². The van der Waals surface area contributed by atoms with E-state index in [1.807, 2.05) is 149 Å². The Morgan fingerprint density at radius 1 is 0.292 bits per heavy atom. The van der Waals surface area contributed by atoms with Crippen LogP contribution in [0.1, 0.15) is 54.1 Å². The molecule has 0 fully saturated rings. The Morgan fingerprint density at radius 3 is 0.708 bits per heavy atom. The quantitative estimate of drug-likeness (QED) is 0.134. The SMILES string of the molecule is Cc1ccccc1Nc1ccc(Nc2ccccc2C)c2c1C(=O)c1c(Nc3ccccc3C)ccc(Nc3ccccc3C)c1C2=O. The molecule has 0 bridgehead atoms. The molecule has 4 N–H and O–H groups in total. The fourth-order valence-corrected chi connectivity index (χ4v) is 6.25. The second-order valence-corrected chi connectivity index (χ2v) is 12.2. The van der Waals surface area contributed by atoms with Crippen molar-refractivity contribution in [3.05, 3.63) is 166 Å². The lowest BCUT2D eigenvalue weighted by atomic mass is 9.80. The summed E-state index contributed by atoms with van der Waals surface area (Å²) in [5, 5.41) is 14.0. The average molecular weight is 629 g/mol. The fourth-order valence-electron chi connectivity index (χ4n) is 6.25. The summed E-state index contributed by atoms with van der Waals surface area (Å²) in [5.74, 6) is -0.484. The van der Waals surface area contributed by atoms with Crippen LogP contribution < -0.4 is 21.3 Å². The van der Waals surface area contributed by atoms with Crippen LogP contribution in [0, 0.1) is 27.7 Å². The van der Waals surface area contributed by atoms with Crippen molar-refractivity contribution >= 4 is 57.1 Å². The number of carbonyl (C=O) groups is 2. The molecule has 6 heteroatoms. The van der Waals surface area contributed by atoms with E-state index in [2.05, 4.69) is 21.3 Å². The zero-order valence-corrected chi connectivity index (χ0v) is 27.4. The molecule has 0 spiro atoms. The third-order valence-electron chi connectivity index (χ3n) is 8.98. The molecule has 0 amide bonds. The van der Waals surface area contributed by atoms with Crippen molar-refractivity contribution in [3.8, 4) is 0 Å². The van der Waals surface area contributed by atoms with Gasteiger partial charge in [0.2, 0.25) is 0 Å². The van der Waals surface area contributed by atoms with Crippen molar-refractivity contribution in [3.63, 3.8) is 0 Å². The van der Waals surface area contributed by atoms with Crippen LogP contribution in [0.5, 0.6) is 0 Å². The van der Waals surface area contributed by atoms with Crippen molar-refractivity contribution in [2.45, 2.75) is 27.7 Å². The van der Waals surface area contributed by atoms with Crippen LogP contribution in [0.15, 0.2) is 121 Å². The van der Waals surface area contributed by atoms with Gasteiger partial charge in [0.1, 0.15) is 0 Å². The second kappa shape index (κ2) is 12.6. The topological polar surface area (TPSA) is 82.3 Å². The van der Waals surface area contributed by atoms with Gasteiger partial charge in [0.15, 0.2) is 11.6 Å². The average Bonchev–Trinajstić information content (AvgIpc) is 3.08. The van der Waals surface area contributed by atoms with E-state index >= 15 is 9.59 Å². The van der Waals surface area contributed by atoms with Crippen LogP contribution in [-0.4, -0.2) is 11.6 Å². The Kier molecular flexibility index (Phi) is 7.99. The number of carbonyl (C=O) groups excluding carboxylic acids is 2. The molecule has 1 aliphatic rings. The maximum atomic E-state index is 15.1. The highest BCUT2D eigenvalue weighted by Crippen LogP contribution is 2.44. The summed E-state index contributed by atoms with van der Waals surface area (Å²) < 4.78 is 0. The third kappa shape index (κ3) is 5.58. The number of fused-ring (bicyclic) bond motifs is 2. The fraction of sp³-hybridized carbons (Fsp3) is 0.0952. The Labute approximate surface area is 280 Å². The minimum absolute atomic E-state index is 0.242. The molecular formula is C42H36N4O2. The number of hydrogen-bond acceptors (Lipinski definition) is 6. The van der Waals surface area contributed by atoms with Gasteiger partial charge in [-0.15, -0.1) is 0 Å². The van der Waals surface area contributed by atoms with E-state index in [0.29, 0.717) is 45.0 Å². The predicted octanol–water partition coefficient (Wildman–Crippen LogP) is 10.7. The van der Waals surface area contributed by atoms with Gasteiger partial charge in [0.05, 0.1) is 45.0 Å². The van der Waals surface area contributed by atoms with E-state index in [-0.39, 0.29) is 11.6 Å². The highest BCUT2D eigenvalue weighted by atomic mass is 16.1. The van der Waals surface area contributed by atoms with E-state index in [1.54, 1.807) is 0 Å². The first-order valence-electron chi connectivity index (χ1n) is 16.0. The highest BCUT2D eigenvalue weighted by molar-refractivity contribution is 6.35. The summed E-state index contributed by atoms with van der Waals surface area (Å²) in [5.41, 5.74) is 11.1. The van der Waals surface area contributed by atoms with Crippen molar-refractivity contribution in [2.75, 3.05) is 21.3 Å². The van der Waals surface area contributed by atoms with Gasteiger partial charge in [-0.1, -0.05) is 72.8 Å². The monoisotopic (exact) mass is 628 g/mol. The molecule has 0 saturated heterocycles. The summed E-state index contributed by atoms with van der Waals surface area (Å²) >= 11 is 0. The highest BCUT2D eigenvalue weighted by Gasteiger charge is 2.38. The Hall–Kier alpha value is -6.14. The van der Waals surface area contributed by atoms with Crippen molar-refractivity contribution < 1.29 is 9.59 Å². The number of nitrogens with one attached hydrogen (secondary N) is 4. The summed E-state index contributed by atoms with van der Waals surface area (Å²) in [6, 6.07) is 39.2. The molecule has 0 saturated carbocycles. The Bertz CT molecular complexity index is 1930. The number of ketones is 2. The van der Waals surface area contributed by atoms with Gasteiger partial charge in [-0.3, -0.25) is 9.59 Å². The minimum Gasteiger partial charge on any atom is -0.355 e. The number of benzene rings is 6. The van der Waals surface area contributed by atoms with E-state index in [9.17, 15) is 0 Å². The Morgan fingerprint density at radius 2 is 0.500 bits per heavy atom. The molecule has 6 aromatic rings. The van der Waals surface area contributed by atoms with Gasteiger partial charge >= 0.3 is 0 Å². The molecule has 0 radical (unpaired) electrons. The molecule has 236 valence electrons. The van der Waals surface area contributed by atoms with Crippen LogP contribution in [-0.2, 0) is 0 Å². The summed E-state index contributed by atoms with van der Waals surface area (Å²) in [4.78, 5) is 30.2. The van der Waals surface area contributed by atoms with Gasteiger partial charge in [0.25, 0.3) is 0 Å². The second-order valence-electron chi connectivity index (χ2n) is 12.2. The van der Waals surface area contributed by atoms with Crippen LogP contribution in [0.4, 0.5) is 45.5 Å². The van der Waals surface area contributed by atoms with Gasteiger partial charge < -0.3 is 21.3 Å². The molecular weight excluding hydrogens is 592 g/mol. The van der Waals surface area contributed by atoms with Gasteiger partial charge in [-0.25, -0.2) is 0 Å². The zero-order chi connectivity index (χ0) is 33.4. The molecule has 0 aromatic heterocycles. The first-order valence-corrected chi connectivity index (χ1v) is 16.0. The molecule has 48 heavy (non-hydrogen) atoms. The van der Waals surface area contributed by atoms with Crippen LogP contribution in [0.25, 0.3) is 0 Å². The summed E-state index contributed by atoms with van der Waals surface area (Å²) in [7, 11) is 0. The Balaban J connectivity index is 1.46. The standard InChI is InChI=1S/C42H36N4O2/c1-25-13-5-9-17-29(25)43-33-21-22-34(44-30-18-10-6-14-26(30)2)38-37(33)41(47)39-35(45-31-19-11-7-15-27(31)3)23-24-36(40(39)42(38)48)46-32-20-12-8-16-28(32)4/h5-24,43-46H,1-4H3. The maximum absolute atomic E-state index is 15.1. The van der Waals surface area contributed by atoms with E-state index < -0.39 is 0 Å². The first-order chi connectivity index (χ1) is 23.3. The molecule has 6 nitrogen and oxygen atoms in total. The number of aryl methyl sites for hydroxylation is 4. The molecule has 0 aliphatic heterocycles. The van der Waals surface area contributed by atoms with E-state index in [0.717, 1.165) is 45.0 Å². The largest absolute Gasteiger partial charge is 0.355 e. The number of anilines is 8. The first kappa shape index (κ1) is 30.5. The molecule has 0 atom stereocenters. The number of hydrogen-bond donors (Lipinski definition) is 4. The summed E-state index contributed by atoms with van der Waals surface area (Å²) in [6.45, 7) is 8.05. The van der Waals surface area contributed by atoms with Crippen LogP contribution in [0.2, 0.25) is 0 Å². The normalized spacial score (nSPS) is 11.8. The lowest BCUT2D eigenvalue weighted by Gasteiger charge is -2.28. The van der Waals surface area contributed by atoms with E-state index in [1.165, 1.54) is 0 Å². The minimum atomic E-state index is -0.242. The third-order valence-corrected chi connectivity index (χ3v) is 8.98. The molecule has 7 rings (SSSR count). The summed E-state index contributed by atoms with van der Waals surface area (Å²) in [6.07, 6.45) is 0. The molecule has 1 aliphatic carbocycles. The van der Waals surface area contributed by atoms with Crippen molar-refractivity contribution in [1.29, 1.82) is 0 Å². The predicted molar refractivity (Wildman–Crippen MR) is 198 cm³/mol. The van der Waals surface area contributed by atoms with Gasteiger partial charge in [-0.05, 0) is 98.5 Å². The maximum Gasteiger partial charge on any atom is 0.198 e. The lowest BCUT2D eigenvalue weighted by molar-refractivity contribution is 0.0981. The van der Waals surface area contributed by atoms with Crippen molar-refractivity contribution in [2.24, 2.45) is 0 Å². The van der Waals surface area contributed by atoms with E-state index in [4.69, 9.17) is 0 Å². The number of para-hydroxylation sites is 4. The van der Waals surface area contributed by atoms with Crippen LogP contribution >= 0.6 is 0 Å². The smallest absolute Gasteiger partial charge is 0.198 e. The number of rotatable bonds is 8. The van der Waals surface area contributed by atoms with Crippen molar-refractivity contribution in [1.82, 2.24) is 0 Å². The molecule has 0 heterocycles. The van der Waals surface area contributed by atoms with Gasteiger partial charge in [0, 0.05) is 22.7 Å². The van der Waals surface area contributed by atoms with Crippen LogP contribution in [0.3, 0.4) is 0 Å². The molecule has 0 unspecified atom stereocenters.